The van der Waals surface area contributed by atoms with Crippen molar-refractivity contribution in [1.82, 2.24) is 9.78 Å². The van der Waals surface area contributed by atoms with Crippen molar-refractivity contribution in [3.63, 3.8) is 0 Å². The van der Waals surface area contributed by atoms with Crippen LogP contribution in [0.25, 0.3) is 10.8 Å². The zero-order valence-corrected chi connectivity index (χ0v) is 9.33. The summed E-state index contributed by atoms with van der Waals surface area (Å²) in [6.07, 6.45) is 0.101. The normalized spacial score (nSPS) is 10.2. The van der Waals surface area contributed by atoms with Gasteiger partial charge in [0, 0.05) is 5.39 Å². The van der Waals surface area contributed by atoms with Gasteiger partial charge in [0.1, 0.15) is 0 Å². The maximum Gasteiger partial charge on any atom is 0.357 e. The van der Waals surface area contributed by atoms with E-state index in [1.54, 1.807) is 24.3 Å². The second-order valence-electron chi connectivity index (χ2n) is 3.64. The first-order valence-electron chi connectivity index (χ1n) is 5.25. The Morgan fingerprint density at radius 3 is 2.67 bits per heavy atom. The Balaban J connectivity index is 2.76. The lowest BCUT2D eigenvalue weighted by molar-refractivity contribution is 0.0690. The second kappa shape index (κ2) is 4.67. The zero-order valence-electron chi connectivity index (χ0n) is 9.33. The fraction of sp³-hybridized carbons (Fsp3) is 0.167. The van der Waals surface area contributed by atoms with Crippen LogP contribution < -0.4 is 5.56 Å². The molecule has 18 heavy (non-hydrogen) atoms. The van der Waals surface area contributed by atoms with Crippen molar-refractivity contribution >= 4 is 16.7 Å². The van der Waals surface area contributed by atoms with Gasteiger partial charge in [-0.05, 0) is 6.07 Å². The standard InChI is InChI=1S/C12H9N3O3/c13-6-3-7-15-11(16)9-5-2-1-4-8(9)10(14-15)12(17)18/h1-2,4-5H,3,7H2,(H,17,18). The van der Waals surface area contributed by atoms with Crippen LogP contribution in [-0.4, -0.2) is 20.9 Å². The molecular formula is C12H9N3O3. The highest BCUT2D eigenvalue weighted by atomic mass is 16.4. The molecule has 0 aliphatic carbocycles. The van der Waals surface area contributed by atoms with E-state index in [9.17, 15) is 9.59 Å². The summed E-state index contributed by atoms with van der Waals surface area (Å²) in [4.78, 5) is 23.1. The van der Waals surface area contributed by atoms with Crippen molar-refractivity contribution in [2.45, 2.75) is 13.0 Å². The van der Waals surface area contributed by atoms with E-state index < -0.39 is 5.97 Å². The summed E-state index contributed by atoms with van der Waals surface area (Å²) in [7, 11) is 0. The molecule has 0 saturated heterocycles. The number of aromatic carboxylic acids is 1. The van der Waals surface area contributed by atoms with E-state index in [0.29, 0.717) is 10.8 Å². The molecule has 0 aliphatic heterocycles. The van der Waals surface area contributed by atoms with Crippen LogP contribution in [0.4, 0.5) is 0 Å². The fourth-order valence-corrected chi connectivity index (χ4v) is 1.70. The van der Waals surface area contributed by atoms with Gasteiger partial charge in [0.15, 0.2) is 5.69 Å². The van der Waals surface area contributed by atoms with Gasteiger partial charge < -0.3 is 5.11 Å². The highest BCUT2D eigenvalue weighted by molar-refractivity contribution is 6.01. The van der Waals surface area contributed by atoms with E-state index in [1.165, 1.54) is 0 Å². The maximum absolute atomic E-state index is 12.0. The number of nitrogens with zero attached hydrogens (tertiary/aromatic N) is 3. The van der Waals surface area contributed by atoms with Crippen molar-refractivity contribution in [3.8, 4) is 6.07 Å². The molecule has 0 aliphatic rings. The number of benzene rings is 1. The quantitative estimate of drug-likeness (QED) is 0.867. The Hall–Kier alpha value is -2.68. The Bertz CT molecular complexity index is 713. The van der Waals surface area contributed by atoms with Gasteiger partial charge >= 0.3 is 5.97 Å². The van der Waals surface area contributed by atoms with Crippen LogP contribution in [0.15, 0.2) is 29.1 Å². The van der Waals surface area contributed by atoms with E-state index in [2.05, 4.69) is 5.10 Å². The van der Waals surface area contributed by atoms with E-state index in [0.717, 1.165) is 4.68 Å². The second-order valence-corrected chi connectivity index (χ2v) is 3.64. The predicted molar refractivity (Wildman–Crippen MR) is 63.2 cm³/mol. The predicted octanol–water partition coefficient (Wildman–Crippen LogP) is 1.01. The van der Waals surface area contributed by atoms with Gasteiger partial charge in [-0.2, -0.15) is 10.4 Å². The van der Waals surface area contributed by atoms with Crippen molar-refractivity contribution in [3.05, 3.63) is 40.3 Å². The smallest absolute Gasteiger partial charge is 0.357 e. The van der Waals surface area contributed by atoms with Gasteiger partial charge in [0.25, 0.3) is 5.56 Å². The van der Waals surface area contributed by atoms with Gasteiger partial charge in [-0.25, -0.2) is 9.48 Å². The molecule has 2 rings (SSSR count). The van der Waals surface area contributed by atoms with E-state index in [-0.39, 0.29) is 24.2 Å². The van der Waals surface area contributed by atoms with Crippen LogP contribution in [0.2, 0.25) is 0 Å². The van der Waals surface area contributed by atoms with Gasteiger partial charge in [-0.15, -0.1) is 0 Å². The van der Waals surface area contributed by atoms with Crippen LogP contribution in [0.5, 0.6) is 0 Å². The summed E-state index contributed by atoms with van der Waals surface area (Å²) >= 11 is 0. The number of aryl methyl sites for hydroxylation is 1. The van der Waals surface area contributed by atoms with Crippen LogP contribution in [0.3, 0.4) is 0 Å². The van der Waals surface area contributed by atoms with Crippen LogP contribution in [0.1, 0.15) is 16.9 Å². The lowest BCUT2D eigenvalue weighted by atomic mass is 10.1. The molecule has 2 aromatic rings. The number of hydrogen-bond donors (Lipinski definition) is 1. The molecule has 1 aromatic carbocycles. The van der Waals surface area contributed by atoms with E-state index >= 15 is 0 Å². The van der Waals surface area contributed by atoms with Crippen molar-refractivity contribution in [2.75, 3.05) is 0 Å². The SMILES string of the molecule is N#CCCn1nc(C(=O)O)c2ccccc2c1=O. The molecule has 1 N–H and O–H groups in total. The summed E-state index contributed by atoms with van der Waals surface area (Å²) < 4.78 is 1.02. The average molecular weight is 243 g/mol. The molecule has 0 fully saturated rings. The summed E-state index contributed by atoms with van der Waals surface area (Å²) in [5.74, 6) is -1.20. The summed E-state index contributed by atoms with van der Waals surface area (Å²) in [6.45, 7) is 0.0838. The van der Waals surface area contributed by atoms with Crippen molar-refractivity contribution < 1.29 is 9.90 Å². The molecule has 0 unspecified atom stereocenters. The third-order valence-corrected chi connectivity index (χ3v) is 2.51. The van der Waals surface area contributed by atoms with Gasteiger partial charge in [-0.3, -0.25) is 4.79 Å². The minimum Gasteiger partial charge on any atom is -0.476 e. The fourth-order valence-electron chi connectivity index (χ4n) is 1.70. The molecule has 0 radical (unpaired) electrons. The highest BCUT2D eigenvalue weighted by Gasteiger charge is 2.14. The third-order valence-electron chi connectivity index (χ3n) is 2.51. The average Bonchev–Trinajstić information content (AvgIpc) is 2.38. The third kappa shape index (κ3) is 1.94. The first-order valence-corrected chi connectivity index (χ1v) is 5.25. The van der Waals surface area contributed by atoms with E-state index in [4.69, 9.17) is 10.4 Å². The number of fused-ring (bicyclic) bond motifs is 1. The summed E-state index contributed by atoms with van der Waals surface area (Å²) in [5, 5.41) is 22.0. The van der Waals surface area contributed by atoms with Gasteiger partial charge in [0.2, 0.25) is 0 Å². The largest absolute Gasteiger partial charge is 0.476 e. The van der Waals surface area contributed by atoms with Crippen LogP contribution in [0, 0.1) is 11.3 Å². The Morgan fingerprint density at radius 2 is 2.06 bits per heavy atom. The minimum atomic E-state index is -1.20. The van der Waals surface area contributed by atoms with Gasteiger partial charge in [0.05, 0.1) is 24.4 Å². The monoisotopic (exact) mass is 243 g/mol. The van der Waals surface area contributed by atoms with E-state index in [1.807, 2.05) is 6.07 Å². The number of hydrogen-bond acceptors (Lipinski definition) is 4. The lowest BCUT2D eigenvalue weighted by Crippen LogP contribution is -2.26. The highest BCUT2D eigenvalue weighted by Crippen LogP contribution is 2.13. The number of aromatic nitrogens is 2. The number of carbonyl (C=O) groups is 1. The molecule has 1 aromatic heterocycles. The molecular weight excluding hydrogens is 234 g/mol. The molecule has 6 heteroatoms. The Morgan fingerprint density at radius 1 is 1.39 bits per heavy atom. The van der Waals surface area contributed by atoms with Crippen LogP contribution >= 0.6 is 0 Å². The van der Waals surface area contributed by atoms with Crippen LogP contribution in [-0.2, 0) is 6.54 Å². The zero-order chi connectivity index (χ0) is 13.1. The molecule has 6 nitrogen and oxygen atoms in total. The first-order chi connectivity index (χ1) is 8.65. The molecule has 0 bridgehead atoms. The number of carboxylic acid groups (broad SMARTS) is 1. The summed E-state index contributed by atoms with van der Waals surface area (Å²) in [5.41, 5.74) is -0.561. The minimum absolute atomic E-state index is 0.0838. The topological polar surface area (TPSA) is 96.0 Å². The molecule has 1 heterocycles. The molecule has 0 spiro atoms. The Labute approximate surface area is 102 Å². The molecule has 90 valence electrons. The molecule has 0 amide bonds. The maximum atomic E-state index is 12.0. The molecule has 0 atom stereocenters. The molecule has 0 saturated carbocycles. The number of rotatable bonds is 3. The first kappa shape index (κ1) is 11.8. The Kier molecular flexibility index (Phi) is 3.06. The van der Waals surface area contributed by atoms with Crippen molar-refractivity contribution in [2.24, 2.45) is 0 Å². The van der Waals surface area contributed by atoms with Crippen molar-refractivity contribution in [1.29, 1.82) is 5.26 Å². The number of nitriles is 1. The summed E-state index contributed by atoms with van der Waals surface area (Å²) in [6, 6.07) is 8.29. The van der Waals surface area contributed by atoms with Gasteiger partial charge in [-0.1, -0.05) is 18.2 Å². The lowest BCUT2D eigenvalue weighted by Gasteiger charge is -2.06. The number of carboxylic acids is 1.